The van der Waals surface area contributed by atoms with E-state index in [1.807, 2.05) is 6.92 Å². The molecule has 1 unspecified atom stereocenters. The molecule has 1 aromatic rings. The molecular weight excluding hydrogens is 281 g/mol. The molecule has 0 saturated heterocycles. The maximum absolute atomic E-state index is 13.7. The van der Waals surface area contributed by atoms with Crippen LogP contribution in [0, 0.1) is 17.7 Å². The minimum Gasteiger partial charge on any atom is -0.384 e. The van der Waals surface area contributed by atoms with Crippen LogP contribution in [0.25, 0.3) is 0 Å². The standard InChI is InChI=1S/C14H18FNO3S/c1-3-5-11(2)16-20(18,19)13-8-7-12(6-4-9-17)14(15)10-13/h7-8,10-11,16-17H,3,5,9H2,1-2H3. The minimum absolute atomic E-state index is 0.0552. The molecule has 0 bridgehead atoms. The number of benzene rings is 1. The van der Waals surface area contributed by atoms with E-state index in [4.69, 9.17) is 5.11 Å². The summed E-state index contributed by atoms with van der Waals surface area (Å²) in [4.78, 5) is -0.132. The van der Waals surface area contributed by atoms with E-state index < -0.39 is 15.8 Å². The molecule has 1 aromatic carbocycles. The van der Waals surface area contributed by atoms with Crippen molar-refractivity contribution >= 4 is 10.0 Å². The topological polar surface area (TPSA) is 66.4 Å². The predicted molar refractivity (Wildman–Crippen MR) is 75.1 cm³/mol. The van der Waals surface area contributed by atoms with Crippen LogP contribution in [0.2, 0.25) is 0 Å². The van der Waals surface area contributed by atoms with Gasteiger partial charge in [-0.15, -0.1) is 0 Å². The Morgan fingerprint density at radius 1 is 1.45 bits per heavy atom. The van der Waals surface area contributed by atoms with Crippen molar-refractivity contribution in [3.63, 3.8) is 0 Å². The zero-order chi connectivity index (χ0) is 15.2. The van der Waals surface area contributed by atoms with Gasteiger partial charge in [-0.3, -0.25) is 0 Å². The summed E-state index contributed by atoms with van der Waals surface area (Å²) in [5.74, 6) is 4.00. The fourth-order valence-corrected chi connectivity index (χ4v) is 3.01. The summed E-state index contributed by atoms with van der Waals surface area (Å²) in [7, 11) is -3.73. The third kappa shape index (κ3) is 4.60. The molecule has 1 rings (SSSR count). The maximum atomic E-state index is 13.7. The van der Waals surface area contributed by atoms with Crippen LogP contribution in [0.4, 0.5) is 4.39 Å². The Morgan fingerprint density at radius 2 is 2.15 bits per heavy atom. The fraction of sp³-hybridized carbons (Fsp3) is 0.429. The summed E-state index contributed by atoms with van der Waals surface area (Å²) < 4.78 is 40.3. The van der Waals surface area contributed by atoms with Gasteiger partial charge in [0.2, 0.25) is 10.0 Å². The molecule has 0 amide bonds. The molecule has 0 heterocycles. The minimum atomic E-state index is -3.73. The second-order valence-corrected chi connectivity index (χ2v) is 6.13. The largest absolute Gasteiger partial charge is 0.384 e. The van der Waals surface area contributed by atoms with E-state index >= 15 is 0 Å². The smallest absolute Gasteiger partial charge is 0.240 e. The Labute approximate surface area is 119 Å². The molecule has 0 aliphatic heterocycles. The highest BCUT2D eigenvalue weighted by molar-refractivity contribution is 7.89. The van der Waals surface area contributed by atoms with Crippen LogP contribution in [0.5, 0.6) is 0 Å². The quantitative estimate of drug-likeness (QED) is 0.812. The van der Waals surface area contributed by atoms with Gasteiger partial charge in [-0.05, 0) is 31.5 Å². The number of aliphatic hydroxyl groups is 1. The number of aliphatic hydroxyl groups excluding tert-OH is 1. The first-order valence-corrected chi connectivity index (χ1v) is 7.80. The van der Waals surface area contributed by atoms with Crippen LogP contribution >= 0.6 is 0 Å². The summed E-state index contributed by atoms with van der Waals surface area (Å²) >= 11 is 0. The Bertz CT molecular complexity index is 617. The van der Waals surface area contributed by atoms with Gasteiger partial charge in [0.15, 0.2) is 0 Å². The summed E-state index contributed by atoms with van der Waals surface area (Å²) in [6.45, 7) is 3.34. The van der Waals surface area contributed by atoms with Gasteiger partial charge in [0.1, 0.15) is 12.4 Å². The lowest BCUT2D eigenvalue weighted by molar-refractivity contribution is 0.350. The summed E-state index contributed by atoms with van der Waals surface area (Å²) in [6.07, 6.45) is 1.56. The molecule has 6 heteroatoms. The Balaban J connectivity index is 3.00. The van der Waals surface area contributed by atoms with Crippen LogP contribution in [0.1, 0.15) is 32.3 Å². The third-order valence-electron chi connectivity index (χ3n) is 2.63. The van der Waals surface area contributed by atoms with E-state index in [0.29, 0.717) is 6.42 Å². The summed E-state index contributed by atoms with van der Waals surface area (Å²) in [5, 5.41) is 8.55. The first-order chi connectivity index (χ1) is 9.40. The van der Waals surface area contributed by atoms with Crippen molar-refractivity contribution in [3.8, 4) is 11.8 Å². The second kappa shape index (κ2) is 7.39. The molecule has 4 nitrogen and oxygen atoms in total. The van der Waals surface area contributed by atoms with Crippen molar-refractivity contribution in [1.82, 2.24) is 4.72 Å². The first-order valence-electron chi connectivity index (χ1n) is 6.32. The molecule has 1 atom stereocenters. The molecule has 110 valence electrons. The SMILES string of the molecule is CCCC(C)NS(=O)(=O)c1ccc(C#CCO)c(F)c1. The fourth-order valence-electron chi connectivity index (χ4n) is 1.72. The number of halogens is 1. The number of hydrogen-bond donors (Lipinski definition) is 2. The molecule has 0 spiro atoms. The molecule has 0 aromatic heterocycles. The number of nitrogens with one attached hydrogen (secondary N) is 1. The van der Waals surface area contributed by atoms with Gasteiger partial charge >= 0.3 is 0 Å². The summed E-state index contributed by atoms with van der Waals surface area (Å²) in [6, 6.07) is 3.31. The molecule has 0 aliphatic rings. The van der Waals surface area contributed by atoms with Gasteiger partial charge in [0, 0.05) is 6.04 Å². The van der Waals surface area contributed by atoms with Gasteiger partial charge < -0.3 is 5.11 Å². The van der Waals surface area contributed by atoms with E-state index in [-0.39, 0.29) is 23.1 Å². The van der Waals surface area contributed by atoms with Crippen molar-refractivity contribution in [2.45, 2.75) is 37.6 Å². The lowest BCUT2D eigenvalue weighted by atomic mass is 10.2. The van der Waals surface area contributed by atoms with Crippen LogP contribution in [-0.2, 0) is 10.0 Å². The van der Waals surface area contributed by atoms with Crippen LogP contribution < -0.4 is 4.72 Å². The normalized spacial score (nSPS) is 12.6. The Kier molecular flexibility index (Phi) is 6.14. The highest BCUT2D eigenvalue weighted by Crippen LogP contribution is 2.15. The van der Waals surface area contributed by atoms with Gasteiger partial charge in [0.25, 0.3) is 0 Å². The van der Waals surface area contributed by atoms with Crippen molar-refractivity contribution in [2.24, 2.45) is 0 Å². The van der Waals surface area contributed by atoms with Gasteiger partial charge in [0.05, 0.1) is 10.5 Å². The maximum Gasteiger partial charge on any atom is 0.240 e. The number of rotatable bonds is 5. The zero-order valence-corrected chi connectivity index (χ0v) is 12.3. The van der Waals surface area contributed by atoms with E-state index in [0.717, 1.165) is 12.5 Å². The number of sulfonamides is 1. The average Bonchev–Trinajstić information content (AvgIpc) is 2.36. The number of hydrogen-bond acceptors (Lipinski definition) is 3. The van der Waals surface area contributed by atoms with Crippen molar-refractivity contribution in [3.05, 3.63) is 29.6 Å². The molecule has 0 aliphatic carbocycles. The monoisotopic (exact) mass is 299 g/mol. The van der Waals surface area contributed by atoms with Crippen LogP contribution in [0.3, 0.4) is 0 Å². The predicted octanol–water partition coefficient (Wildman–Crippen LogP) is 1.64. The highest BCUT2D eigenvalue weighted by Gasteiger charge is 2.18. The Morgan fingerprint density at radius 3 is 2.70 bits per heavy atom. The molecule has 20 heavy (non-hydrogen) atoms. The molecule has 0 radical (unpaired) electrons. The van der Waals surface area contributed by atoms with Crippen molar-refractivity contribution in [1.29, 1.82) is 0 Å². The lowest BCUT2D eigenvalue weighted by Gasteiger charge is -2.13. The van der Waals surface area contributed by atoms with Crippen LogP contribution in [0.15, 0.2) is 23.1 Å². The van der Waals surface area contributed by atoms with E-state index in [2.05, 4.69) is 16.6 Å². The average molecular weight is 299 g/mol. The van der Waals surface area contributed by atoms with E-state index in [1.54, 1.807) is 6.92 Å². The van der Waals surface area contributed by atoms with Crippen molar-refractivity contribution in [2.75, 3.05) is 6.61 Å². The first kappa shape index (κ1) is 16.6. The van der Waals surface area contributed by atoms with E-state index in [1.165, 1.54) is 12.1 Å². The zero-order valence-electron chi connectivity index (χ0n) is 11.5. The second-order valence-electron chi connectivity index (χ2n) is 4.41. The van der Waals surface area contributed by atoms with Gasteiger partial charge in [-0.2, -0.15) is 0 Å². The summed E-state index contributed by atoms with van der Waals surface area (Å²) in [5.41, 5.74) is 0.0552. The van der Waals surface area contributed by atoms with Gasteiger partial charge in [-0.1, -0.05) is 25.2 Å². The molecule has 0 fully saturated rings. The van der Waals surface area contributed by atoms with Crippen molar-refractivity contribution < 1.29 is 17.9 Å². The van der Waals surface area contributed by atoms with Gasteiger partial charge in [-0.25, -0.2) is 17.5 Å². The highest BCUT2D eigenvalue weighted by atomic mass is 32.2. The van der Waals surface area contributed by atoms with E-state index in [9.17, 15) is 12.8 Å². The molecule has 0 saturated carbocycles. The van der Waals surface area contributed by atoms with Crippen LogP contribution in [-0.4, -0.2) is 26.2 Å². The molecule has 2 N–H and O–H groups in total. The Hall–Kier alpha value is -1.42. The lowest BCUT2D eigenvalue weighted by Crippen LogP contribution is -2.32. The third-order valence-corrected chi connectivity index (χ3v) is 4.22. The molecular formula is C14H18FNO3S.